The van der Waals surface area contributed by atoms with Gasteiger partial charge in [-0.1, -0.05) is 19.9 Å². The van der Waals surface area contributed by atoms with Crippen molar-refractivity contribution in [2.75, 3.05) is 14.2 Å². The number of hydrogen-bond donors (Lipinski definition) is 0. The number of rotatable bonds is 7. The largest absolute Gasteiger partial charge is 0.493 e. The number of benzene rings is 1. The van der Waals surface area contributed by atoms with Gasteiger partial charge in [0.15, 0.2) is 11.5 Å². The Labute approximate surface area is 109 Å². The van der Waals surface area contributed by atoms with Gasteiger partial charge in [0.05, 0.1) is 14.2 Å². The maximum absolute atomic E-state index is 11.8. The molecule has 100 valence electrons. The van der Waals surface area contributed by atoms with Crippen LogP contribution in [0.25, 0.3) is 0 Å². The normalized spacial score (nSPS) is 10.5. The van der Waals surface area contributed by atoms with E-state index in [1.807, 2.05) is 18.2 Å². The van der Waals surface area contributed by atoms with Gasteiger partial charge in [-0.15, -0.1) is 0 Å². The second kappa shape index (κ2) is 7.04. The summed E-state index contributed by atoms with van der Waals surface area (Å²) < 4.78 is 10.4. The Hall–Kier alpha value is -1.51. The van der Waals surface area contributed by atoms with Crippen molar-refractivity contribution in [1.29, 1.82) is 0 Å². The Morgan fingerprint density at radius 3 is 2.39 bits per heavy atom. The van der Waals surface area contributed by atoms with Crippen molar-refractivity contribution in [2.24, 2.45) is 5.92 Å². The number of Topliss-reactive ketones (excluding diaryl/α,β-unsaturated/α-hetero) is 1. The van der Waals surface area contributed by atoms with Crippen molar-refractivity contribution in [3.8, 4) is 11.5 Å². The zero-order valence-electron chi connectivity index (χ0n) is 11.7. The van der Waals surface area contributed by atoms with Gasteiger partial charge in [0, 0.05) is 12.8 Å². The van der Waals surface area contributed by atoms with Crippen molar-refractivity contribution >= 4 is 5.78 Å². The molecular weight excluding hydrogens is 228 g/mol. The molecule has 0 saturated carbocycles. The van der Waals surface area contributed by atoms with E-state index in [0.29, 0.717) is 30.3 Å². The van der Waals surface area contributed by atoms with Crippen LogP contribution in [0.4, 0.5) is 0 Å². The molecule has 0 spiro atoms. The van der Waals surface area contributed by atoms with Crippen LogP contribution in [0.3, 0.4) is 0 Å². The lowest BCUT2D eigenvalue weighted by Crippen LogP contribution is -2.04. The first-order chi connectivity index (χ1) is 8.56. The Morgan fingerprint density at radius 2 is 1.83 bits per heavy atom. The van der Waals surface area contributed by atoms with Gasteiger partial charge in [-0.2, -0.15) is 0 Å². The highest BCUT2D eigenvalue weighted by Crippen LogP contribution is 2.27. The number of carbonyl (C=O) groups excluding carboxylic acids is 1. The SMILES string of the molecule is COc1ccc(CC(=O)CCC(C)C)cc1OC. The van der Waals surface area contributed by atoms with E-state index in [-0.39, 0.29) is 5.78 Å². The third-order valence-electron chi connectivity index (χ3n) is 2.85. The molecule has 0 aliphatic carbocycles. The third kappa shape index (κ3) is 4.40. The lowest BCUT2D eigenvalue weighted by Gasteiger charge is -2.09. The highest BCUT2D eigenvalue weighted by atomic mass is 16.5. The quantitative estimate of drug-likeness (QED) is 0.745. The van der Waals surface area contributed by atoms with Crippen molar-refractivity contribution < 1.29 is 14.3 Å². The molecule has 0 amide bonds. The van der Waals surface area contributed by atoms with E-state index in [1.54, 1.807) is 14.2 Å². The molecule has 0 heterocycles. The molecule has 0 unspecified atom stereocenters. The highest BCUT2D eigenvalue weighted by Gasteiger charge is 2.09. The fourth-order valence-corrected chi connectivity index (χ4v) is 1.76. The highest BCUT2D eigenvalue weighted by molar-refractivity contribution is 5.81. The van der Waals surface area contributed by atoms with Gasteiger partial charge < -0.3 is 9.47 Å². The van der Waals surface area contributed by atoms with Crippen molar-refractivity contribution in [1.82, 2.24) is 0 Å². The molecule has 0 radical (unpaired) electrons. The monoisotopic (exact) mass is 250 g/mol. The van der Waals surface area contributed by atoms with E-state index in [4.69, 9.17) is 9.47 Å². The molecule has 0 N–H and O–H groups in total. The molecule has 3 heteroatoms. The Kier molecular flexibility index (Phi) is 5.69. The van der Waals surface area contributed by atoms with Gasteiger partial charge in [0.25, 0.3) is 0 Å². The zero-order valence-corrected chi connectivity index (χ0v) is 11.7. The first-order valence-corrected chi connectivity index (χ1v) is 6.29. The molecule has 0 aliphatic heterocycles. The van der Waals surface area contributed by atoms with Crippen LogP contribution < -0.4 is 9.47 Å². The molecule has 1 aromatic carbocycles. The van der Waals surface area contributed by atoms with Crippen LogP contribution in [0.5, 0.6) is 11.5 Å². The van der Waals surface area contributed by atoms with E-state index in [1.165, 1.54) is 0 Å². The van der Waals surface area contributed by atoms with Crippen LogP contribution in [-0.4, -0.2) is 20.0 Å². The Balaban J connectivity index is 2.64. The lowest BCUT2D eigenvalue weighted by atomic mass is 10.0. The van der Waals surface area contributed by atoms with Crippen LogP contribution >= 0.6 is 0 Å². The van der Waals surface area contributed by atoms with E-state index < -0.39 is 0 Å². The minimum atomic E-state index is 0.274. The van der Waals surface area contributed by atoms with Crippen LogP contribution in [0.1, 0.15) is 32.3 Å². The van der Waals surface area contributed by atoms with Gasteiger partial charge in [-0.05, 0) is 30.0 Å². The number of ether oxygens (including phenoxy) is 2. The summed E-state index contributed by atoms with van der Waals surface area (Å²) in [5.41, 5.74) is 0.974. The average molecular weight is 250 g/mol. The standard InChI is InChI=1S/C15H22O3/c1-11(2)5-7-13(16)9-12-6-8-14(17-3)15(10-12)18-4/h6,8,10-11H,5,7,9H2,1-4H3. The maximum atomic E-state index is 11.8. The van der Waals surface area contributed by atoms with Crippen LogP contribution in [0.2, 0.25) is 0 Å². The Bertz CT molecular complexity index is 397. The summed E-state index contributed by atoms with van der Waals surface area (Å²) in [6.45, 7) is 4.26. The number of ketones is 1. The number of hydrogen-bond acceptors (Lipinski definition) is 3. The molecule has 3 nitrogen and oxygen atoms in total. The second-order valence-electron chi connectivity index (χ2n) is 4.84. The first kappa shape index (κ1) is 14.6. The molecular formula is C15H22O3. The van der Waals surface area contributed by atoms with Crippen molar-refractivity contribution in [3.05, 3.63) is 23.8 Å². The lowest BCUT2D eigenvalue weighted by molar-refractivity contribution is -0.118. The van der Waals surface area contributed by atoms with Crippen LogP contribution in [-0.2, 0) is 11.2 Å². The summed E-state index contributed by atoms with van der Waals surface area (Å²) in [5.74, 6) is 2.21. The van der Waals surface area contributed by atoms with Crippen molar-refractivity contribution in [3.63, 3.8) is 0 Å². The summed E-state index contributed by atoms with van der Waals surface area (Å²) in [6.07, 6.45) is 2.06. The number of methoxy groups -OCH3 is 2. The molecule has 0 aromatic heterocycles. The van der Waals surface area contributed by atoms with E-state index in [0.717, 1.165) is 12.0 Å². The second-order valence-corrected chi connectivity index (χ2v) is 4.84. The third-order valence-corrected chi connectivity index (χ3v) is 2.85. The fraction of sp³-hybridized carbons (Fsp3) is 0.533. The zero-order chi connectivity index (χ0) is 13.5. The molecule has 1 rings (SSSR count). The minimum absolute atomic E-state index is 0.274. The van der Waals surface area contributed by atoms with Crippen LogP contribution in [0, 0.1) is 5.92 Å². The van der Waals surface area contributed by atoms with Crippen LogP contribution in [0.15, 0.2) is 18.2 Å². The van der Waals surface area contributed by atoms with Gasteiger partial charge >= 0.3 is 0 Å². The maximum Gasteiger partial charge on any atom is 0.161 e. The molecule has 0 aliphatic rings. The molecule has 18 heavy (non-hydrogen) atoms. The predicted molar refractivity (Wildman–Crippen MR) is 72.3 cm³/mol. The first-order valence-electron chi connectivity index (χ1n) is 6.29. The van der Waals surface area contributed by atoms with E-state index in [2.05, 4.69) is 13.8 Å². The van der Waals surface area contributed by atoms with Gasteiger partial charge in [0.1, 0.15) is 5.78 Å². The number of carbonyl (C=O) groups is 1. The molecule has 0 bridgehead atoms. The van der Waals surface area contributed by atoms with Crippen molar-refractivity contribution in [2.45, 2.75) is 33.1 Å². The summed E-state index contributed by atoms with van der Waals surface area (Å²) in [7, 11) is 3.20. The Morgan fingerprint density at radius 1 is 1.17 bits per heavy atom. The topological polar surface area (TPSA) is 35.5 Å². The summed E-state index contributed by atoms with van der Waals surface area (Å²) in [5, 5.41) is 0. The molecule has 0 saturated heterocycles. The van der Waals surface area contributed by atoms with E-state index in [9.17, 15) is 4.79 Å². The van der Waals surface area contributed by atoms with Gasteiger partial charge in [-0.3, -0.25) is 4.79 Å². The van der Waals surface area contributed by atoms with Gasteiger partial charge in [0.2, 0.25) is 0 Å². The minimum Gasteiger partial charge on any atom is -0.493 e. The summed E-state index contributed by atoms with van der Waals surface area (Å²) in [4.78, 5) is 11.8. The molecule has 1 aromatic rings. The summed E-state index contributed by atoms with van der Waals surface area (Å²) >= 11 is 0. The van der Waals surface area contributed by atoms with Gasteiger partial charge in [-0.25, -0.2) is 0 Å². The summed E-state index contributed by atoms with van der Waals surface area (Å²) in [6, 6.07) is 5.62. The smallest absolute Gasteiger partial charge is 0.161 e. The molecule has 0 fully saturated rings. The average Bonchev–Trinajstić information content (AvgIpc) is 2.36. The molecule has 0 atom stereocenters. The fourth-order valence-electron chi connectivity index (χ4n) is 1.76. The van der Waals surface area contributed by atoms with E-state index >= 15 is 0 Å². The predicted octanol–water partition coefficient (Wildman–Crippen LogP) is 3.25.